The Morgan fingerprint density at radius 2 is 2.10 bits per heavy atom. The lowest BCUT2D eigenvalue weighted by molar-refractivity contribution is 0.0730. The van der Waals surface area contributed by atoms with Crippen LogP contribution in [-0.2, 0) is 19.5 Å². The Balaban J connectivity index is 1.40. The van der Waals surface area contributed by atoms with Gasteiger partial charge in [0, 0.05) is 41.5 Å². The molecule has 0 radical (unpaired) electrons. The summed E-state index contributed by atoms with van der Waals surface area (Å²) in [6, 6.07) is 5.69. The molecule has 8 heteroatoms. The molecule has 2 aliphatic rings. The number of aromatic amines is 1. The number of aromatic nitrogens is 3. The van der Waals surface area contributed by atoms with Crippen molar-refractivity contribution in [1.29, 1.82) is 0 Å². The van der Waals surface area contributed by atoms with Crippen LogP contribution in [0, 0.1) is 6.92 Å². The smallest absolute Gasteiger partial charge is 0.254 e. The van der Waals surface area contributed by atoms with Gasteiger partial charge in [-0.1, -0.05) is 0 Å². The largest absolute Gasteiger partial charge is 0.332 e. The van der Waals surface area contributed by atoms with E-state index in [1.54, 1.807) is 40.8 Å². The number of pyridine rings is 1. The van der Waals surface area contributed by atoms with E-state index in [-0.39, 0.29) is 17.5 Å². The number of amides is 1. The average Bonchev–Trinajstić information content (AvgIpc) is 3.42. The Hall–Kier alpha value is -2.84. The Morgan fingerprint density at radius 1 is 1.26 bits per heavy atom. The highest BCUT2D eigenvalue weighted by molar-refractivity contribution is 7.10. The molecule has 5 rings (SSSR count). The SMILES string of the molecule is Cc1ccsc1CN1CCCC1c1nc2c(c(=O)[nH]1)CCN(C(=O)c1ccncc1)C2. The molecular weight excluding hydrogens is 410 g/mol. The Labute approximate surface area is 184 Å². The Morgan fingerprint density at radius 3 is 2.87 bits per heavy atom. The number of nitrogens with zero attached hydrogens (tertiary/aromatic N) is 4. The summed E-state index contributed by atoms with van der Waals surface area (Å²) in [4.78, 5) is 43.2. The normalized spacial score (nSPS) is 18.9. The van der Waals surface area contributed by atoms with Crippen LogP contribution in [0.1, 0.15) is 56.8 Å². The second-order valence-electron chi connectivity index (χ2n) is 8.24. The number of likely N-dealkylation sites (tertiary alicyclic amines) is 1. The van der Waals surface area contributed by atoms with Gasteiger partial charge in [0.05, 0.1) is 18.3 Å². The minimum absolute atomic E-state index is 0.0488. The first-order valence-electron chi connectivity index (χ1n) is 10.7. The summed E-state index contributed by atoms with van der Waals surface area (Å²) in [6.07, 6.45) is 5.83. The van der Waals surface area contributed by atoms with Crippen LogP contribution in [0.15, 0.2) is 40.8 Å². The predicted octanol–water partition coefficient (Wildman–Crippen LogP) is 3.07. The highest BCUT2D eigenvalue weighted by Gasteiger charge is 2.31. The van der Waals surface area contributed by atoms with Crippen molar-refractivity contribution in [2.75, 3.05) is 13.1 Å². The van der Waals surface area contributed by atoms with E-state index in [1.165, 1.54) is 10.4 Å². The van der Waals surface area contributed by atoms with Gasteiger partial charge in [-0.05, 0) is 61.9 Å². The van der Waals surface area contributed by atoms with Crippen molar-refractivity contribution in [3.05, 3.63) is 79.4 Å². The third kappa shape index (κ3) is 3.93. The number of hydrogen-bond donors (Lipinski definition) is 1. The molecule has 0 saturated carbocycles. The molecule has 2 aliphatic heterocycles. The number of carbonyl (C=O) groups excluding carboxylic acids is 1. The van der Waals surface area contributed by atoms with Crippen LogP contribution in [0.2, 0.25) is 0 Å². The van der Waals surface area contributed by atoms with Gasteiger partial charge in [0.2, 0.25) is 0 Å². The summed E-state index contributed by atoms with van der Waals surface area (Å²) in [5, 5.41) is 2.13. The van der Waals surface area contributed by atoms with E-state index < -0.39 is 0 Å². The number of nitrogens with one attached hydrogen (secondary N) is 1. The van der Waals surface area contributed by atoms with Gasteiger partial charge in [-0.15, -0.1) is 11.3 Å². The number of aryl methyl sites for hydroxylation is 1. The van der Waals surface area contributed by atoms with Crippen LogP contribution in [0.3, 0.4) is 0 Å². The van der Waals surface area contributed by atoms with Gasteiger partial charge in [-0.3, -0.25) is 19.5 Å². The van der Waals surface area contributed by atoms with Crippen LogP contribution in [0.4, 0.5) is 0 Å². The first kappa shape index (κ1) is 20.1. The van der Waals surface area contributed by atoms with Gasteiger partial charge in [0.15, 0.2) is 0 Å². The first-order valence-corrected chi connectivity index (χ1v) is 11.6. The second kappa shape index (κ2) is 8.36. The van der Waals surface area contributed by atoms with Crippen molar-refractivity contribution in [2.45, 2.75) is 45.3 Å². The Kier molecular flexibility index (Phi) is 5.41. The van der Waals surface area contributed by atoms with Crippen molar-refractivity contribution in [2.24, 2.45) is 0 Å². The van der Waals surface area contributed by atoms with Crippen LogP contribution in [0.5, 0.6) is 0 Å². The molecule has 1 amide bonds. The lowest BCUT2D eigenvalue weighted by Gasteiger charge is -2.29. The van der Waals surface area contributed by atoms with E-state index >= 15 is 0 Å². The number of H-pyrrole nitrogens is 1. The fourth-order valence-electron chi connectivity index (χ4n) is 4.54. The molecule has 3 aromatic rings. The minimum atomic E-state index is -0.0600. The fraction of sp³-hybridized carbons (Fsp3) is 0.391. The van der Waals surface area contributed by atoms with Crippen molar-refractivity contribution in [3.63, 3.8) is 0 Å². The average molecular weight is 436 g/mol. The molecule has 3 aromatic heterocycles. The molecule has 1 atom stereocenters. The molecule has 160 valence electrons. The van der Waals surface area contributed by atoms with E-state index in [2.05, 4.69) is 33.2 Å². The molecule has 1 unspecified atom stereocenters. The van der Waals surface area contributed by atoms with Crippen LogP contribution in [-0.4, -0.2) is 43.7 Å². The zero-order valence-corrected chi connectivity index (χ0v) is 18.3. The number of carbonyl (C=O) groups is 1. The maximum atomic E-state index is 12.9. The molecule has 0 spiro atoms. The van der Waals surface area contributed by atoms with Crippen molar-refractivity contribution >= 4 is 17.2 Å². The van der Waals surface area contributed by atoms with E-state index in [4.69, 9.17) is 4.98 Å². The minimum Gasteiger partial charge on any atom is -0.332 e. The lowest BCUT2D eigenvalue weighted by Crippen LogP contribution is -2.40. The third-order valence-electron chi connectivity index (χ3n) is 6.30. The maximum Gasteiger partial charge on any atom is 0.254 e. The number of fused-ring (bicyclic) bond motifs is 1. The Bertz CT molecular complexity index is 1160. The summed E-state index contributed by atoms with van der Waals surface area (Å²) >= 11 is 1.78. The van der Waals surface area contributed by atoms with Gasteiger partial charge in [-0.2, -0.15) is 0 Å². The van der Waals surface area contributed by atoms with Crippen molar-refractivity contribution in [1.82, 2.24) is 24.8 Å². The number of thiophene rings is 1. The topological polar surface area (TPSA) is 82.2 Å². The van der Waals surface area contributed by atoms with Gasteiger partial charge in [-0.25, -0.2) is 4.98 Å². The molecule has 1 fully saturated rings. The monoisotopic (exact) mass is 435 g/mol. The second-order valence-corrected chi connectivity index (χ2v) is 9.24. The molecule has 7 nitrogen and oxygen atoms in total. The zero-order valence-electron chi connectivity index (χ0n) is 17.5. The van der Waals surface area contributed by atoms with E-state index in [0.717, 1.165) is 37.4 Å². The fourth-order valence-corrected chi connectivity index (χ4v) is 5.47. The highest BCUT2D eigenvalue weighted by Crippen LogP contribution is 2.33. The van der Waals surface area contributed by atoms with Crippen LogP contribution in [0.25, 0.3) is 0 Å². The van der Waals surface area contributed by atoms with Crippen LogP contribution < -0.4 is 5.56 Å². The molecule has 31 heavy (non-hydrogen) atoms. The van der Waals surface area contributed by atoms with Gasteiger partial charge in [0.25, 0.3) is 11.5 Å². The van der Waals surface area contributed by atoms with E-state index in [1.807, 2.05) is 0 Å². The lowest BCUT2D eigenvalue weighted by atomic mass is 10.0. The molecule has 0 aromatic carbocycles. The maximum absolute atomic E-state index is 12.9. The van der Waals surface area contributed by atoms with E-state index in [9.17, 15) is 9.59 Å². The molecule has 1 saturated heterocycles. The molecule has 0 aliphatic carbocycles. The highest BCUT2D eigenvalue weighted by atomic mass is 32.1. The first-order chi connectivity index (χ1) is 15.1. The van der Waals surface area contributed by atoms with E-state index in [0.29, 0.717) is 30.6 Å². The molecule has 0 bridgehead atoms. The predicted molar refractivity (Wildman–Crippen MR) is 119 cm³/mol. The van der Waals surface area contributed by atoms with Gasteiger partial charge < -0.3 is 9.88 Å². The quantitative estimate of drug-likeness (QED) is 0.681. The summed E-state index contributed by atoms with van der Waals surface area (Å²) in [5.74, 6) is 0.681. The number of hydrogen-bond acceptors (Lipinski definition) is 6. The summed E-state index contributed by atoms with van der Waals surface area (Å²) < 4.78 is 0. The molecular formula is C23H25N5O2S. The molecule has 1 N–H and O–H groups in total. The van der Waals surface area contributed by atoms with Crippen LogP contribution >= 0.6 is 11.3 Å². The summed E-state index contributed by atoms with van der Waals surface area (Å²) in [5.41, 5.74) is 3.30. The molecule has 5 heterocycles. The van der Waals surface area contributed by atoms with Gasteiger partial charge >= 0.3 is 0 Å². The summed E-state index contributed by atoms with van der Waals surface area (Å²) in [6.45, 7) is 4.90. The van der Waals surface area contributed by atoms with Crippen molar-refractivity contribution in [3.8, 4) is 0 Å². The van der Waals surface area contributed by atoms with Crippen molar-refractivity contribution < 1.29 is 4.79 Å². The third-order valence-corrected chi connectivity index (χ3v) is 7.31. The number of rotatable bonds is 4. The standard InChI is InChI=1S/C23H25N5O2S/c1-15-7-12-31-20(15)14-27-10-2-3-19(27)21-25-18-13-28(11-6-17(18)22(29)26-21)23(30)16-4-8-24-9-5-16/h4-5,7-9,12,19H,2-3,6,10-11,13-14H2,1H3,(H,25,26,29). The van der Waals surface area contributed by atoms with Gasteiger partial charge in [0.1, 0.15) is 5.82 Å². The zero-order chi connectivity index (χ0) is 21.4. The summed E-state index contributed by atoms with van der Waals surface area (Å²) in [7, 11) is 0.